The Morgan fingerprint density at radius 1 is 1.00 bits per heavy atom. The summed E-state index contributed by atoms with van der Waals surface area (Å²) < 4.78 is 4.31. The second-order valence-electron chi connectivity index (χ2n) is 8.85. The van der Waals surface area contributed by atoms with E-state index < -0.39 is 0 Å². The number of imidazole rings is 2. The normalized spacial score (nSPS) is 11.3. The lowest BCUT2D eigenvalue weighted by atomic mass is 9.99. The molecule has 34 heavy (non-hydrogen) atoms. The molecule has 0 atom stereocenters. The van der Waals surface area contributed by atoms with E-state index in [-0.39, 0.29) is 0 Å². The van der Waals surface area contributed by atoms with Gasteiger partial charge >= 0.3 is 0 Å². The van der Waals surface area contributed by atoms with Crippen molar-refractivity contribution in [2.45, 2.75) is 33.2 Å². The van der Waals surface area contributed by atoms with Crippen LogP contribution in [-0.4, -0.2) is 25.4 Å². The molecule has 5 nitrogen and oxygen atoms in total. The fourth-order valence-electron chi connectivity index (χ4n) is 4.58. The molecule has 0 aliphatic carbocycles. The number of benzene rings is 3. The average Bonchev–Trinajstić information content (AvgIpc) is 3.44. The lowest BCUT2D eigenvalue weighted by Gasteiger charge is -2.11. The maximum atomic E-state index is 11.4. The van der Waals surface area contributed by atoms with E-state index >= 15 is 0 Å². The van der Waals surface area contributed by atoms with Crippen LogP contribution in [0, 0.1) is 6.92 Å². The first kappa shape index (κ1) is 21.8. The van der Waals surface area contributed by atoms with Crippen LogP contribution in [0.3, 0.4) is 0 Å². The van der Waals surface area contributed by atoms with E-state index in [1.165, 1.54) is 5.56 Å². The third-order valence-corrected chi connectivity index (χ3v) is 6.29. The van der Waals surface area contributed by atoms with Gasteiger partial charge in [0, 0.05) is 37.3 Å². The van der Waals surface area contributed by atoms with Crippen LogP contribution >= 0.6 is 0 Å². The summed E-state index contributed by atoms with van der Waals surface area (Å²) in [6.07, 6.45) is 6.76. The number of aromatic nitrogens is 4. The Hall–Kier alpha value is -3.99. The van der Waals surface area contributed by atoms with E-state index in [1.54, 1.807) is 0 Å². The average molecular weight is 449 g/mol. The van der Waals surface area contributed by atoms with Crippen molar-refractivity contribution in [2.75, 3.05) is 0 Å². The third-order valence-electron chi connectivity index (χ3n) is 6.29. The second-order valence-corrected chi connectivity index (χ2v) is 8.85. The smallest absolute Gasteiger partial charge is 0.150 e. The Bertz CT molecular complexity index is 1470. The summed E-state index contributed by atoms with van der Waals surface area (Å²) in [5.74, 6) is 1.11. The van der Waals surface area contributed by atoms with Crippen LogP contribution in [0.5, 0.6) is 0 Å². The topological polar surface area (TPSA) is 52.7 Å². The molecular formula is C29H28N4O. The molecule has 5 aromatic rings. The maximum Gasteiger partial charge on any atom is 0.150 e. The number of carbonyl (C=O) groups excluding carboxylic acids is 1. The van der Waals surface area contributed by atoms with Gasteiger partial charge in [0.25, 0.3) is 0 Å². The van der Waals surface area contributed by atoms with Gasteiger partial charge in [-0.1, -0.05) is 55.5 Å². The molecule has 0 aliphatic heterocycles. The standard InChI is InChI=1S/C29H28N4O/c1-4-7-28-31-29-20(2)14-24(26-17-32(3)19-30-26)15-27(29)33(28)16-21-10-12-22(13-11-21)25-9-6-5-8-23(25)18-34/h5-6,8-15,17-19H,4,7,16H2,1-3H3. The van der Waals surface area contributed by atoms with Gasteiger partial charge in [-0.2, -0.15) is 0 Å². The lowest BCUT2D eigenvalue weighted by Crippen LogP contribution is -2.05. The Morgan fingerprint density at radius 2 is 1.79 bits per heavy atom. The highest BCUT2D eigenvalue weighted by Crippen LogP contribution is 2.29. The Balaban J connectivity index is 1.55. The van der Waals surface area contributed by atoms with E-state index in [4.69, 9.17) is 4.98 Å². The van der Waals surface area contributed by atoms with Gasteiger partial charge in [-0.25, -0.2) is 9.97 Å². The van der Waals surface area contributed by atoms with E-state index in [0.717, 1.165) is 70.5 Å². The zero-order valence-electron chi connectivity index (χ0n) is 19.8. The minimum absolute atomic E-state index is 0.707. The first-order valence-corrected chi connectivity index (χ1v) is 11.7. The predicted octanol–water partition coefficient (Wildman–Crippen LogP) is 6.23. The van der Waals surface area contributed by atoms with Crippen molar-refractivity contribution < 1.29 is 4.79 Å². The molecule has 0 aliphatic rings. The molecule has 0 saturated carbocycles. The second kappa shape index (κ2) is 9.10. The molecule has 2 aromatic heterocycles. The SMILES string of the molecule is CCCc1nc2c(C)cc(-c3cn(C)cn3)cc2n1Cc1ccc(-c2ccccc2C=O)cc1. The Morgan fingerprint density at radius 3 is 2.50 bits per heavy atom. The Kier molecular flexibility index (Phi) is 5.84. The van der Waals surface area contributed by atoms with E-state index in [1.807, 2.05) is 48.4 Å². The maximum absolute atomic E-state index is 11.4. The number of hydrogen-bond acceptors (Lipinski definition) is 3. The van der Waals surface area contributed by atoms with Gasteiger partial charge in [0.05, 0.1) is 23.1 Å². The number of rotatable bonds is 7. The summed E-state index contributed by atoms with van der Waals surface area (Å²) >= 11 is 0. The van der Waals surface area contributed by atoms with Crippen LogP contribution in [0.1, 0.15) is 40.7 Å². The number of carbonyl (C=O) groups is 1. The summed E-state index contributed by atoms with van der Waals surface area (Å²) in [4.78, 5) is 21.0. The lowest BCUT2D eigenvalue weighted by molar-refractivity contribution is 0.112. The molecular weight excluding hydrogens is 420 g/mol. The molecule has 0 bridgehead atoms. The summed E-state index contributed by atoms with van der Waals surface area (Å²) in [6, 6.07) is 20.6. The van der Waals surface area contributed by atoms with Crippen molar-refractivity contribution in [3.05, 3.63) is 95.7 Å². The van der Waals surface area contributed by atoms with Crippen LogP contribution in [0.4, 0.5) is 0 Å². The quantitative estimate of drug-likeness (QED) is 0.278. The Labute approximate surface area is 199 Å². The summed E-state index contributed by atoms with van der Waals surface area (Å²) in [5.41, 5.74) is 9.34. The van der Waals surface area contributed by atoms with Crippen LogP contribution in [0.15, 0.2) is 73.2 Å². The fraction of sp³-hybridized carbons (Fsp3) is 0.207. The van der Waals surface area contributed by atoms with Gasteiger partial charge in [-0.3, -0.25) is 4.79 Å². The zero-order chi connectivity index (χ0) is 23.7. The van der Waals surface area contributed by atoms with Crippen LogP contribution in [-0.2, 0) is 20.0 Å². The monoisotopic (exact) mass is 448 g/mol. The largest absolute Gasteiger partial charge is 0.340 e. The van der Waals surface area contributed by atoms with Crippen molar-refractivity contribution in [1.82, 2.24) is 19.1 Å². The fourth-order valence-corrected chi connectivity index (χ4v) is 4.58. The molecule has 0 unspecified atom stereocenters. The molecule has 5 heteroatoms. The highest BCUT2D eigenvalue weighted by molar-refractivity contribution is 5.87. The van der Waals surface area contributed by atoms with Gasteiger partial charge in [-0.05, 0) is 47.7 Å². The van der Waals surface area contributed by atoms with Gasteiger partial charge in [0.1, 0.15) is 5.82 Å². The van der Waals surface area contributed by atoms with Crippen molar-refractivity contribution in [1.29, 1.82) is 0 Å². The number of aldehydes is 1. The highest BCUT2D eigenvalue weighted by Gasteiger charge is 2.15. The number of fused-ring (bicyclic) bond motifs is 1. The van der Waals surface area contributed by atoms with Gasteiger partial charge in [-0.15, -0.1) is 0 Å². The van der Waals surface area contributed by atoms with Crippen LogP contribution in [0.25, 0.3) is 33.4 Å². The van der Waals surface area contributed by atoms with Crippen molar-refractivity contribution in [2.24, 2.45) is 7.05 Å². The number of aryl methyl sites for hydroxylation is 3. The molecule has 0 fully saturated rings. The van der Waals surface area contributed by atoms with Crippen molar-refractivity contribution in [3.63, 3.8) is 0 Å². The minimum atomic E-state index is 0.707. The molecule has 0 radical (unpaired) electrons. The summed E-state index contributed by atoms with van der Waals surface area (Å²) in [7, 11) is 1.99. The first-order chi connectivity index (χ1) is 16.6. The molecule has 0 amide bonds. The van der Waals surface area contributed by atoms with E-state index in [0.29, 0.717) is 5.56 Å². The van der Waals surface area contributed by atoms with Crippen LogP contribution < -0.4 is 0 Å². The van der Waals surface area contributed by atoms with Gasteiger partial charge < -0.3 is 9.13 Å². The zero-order valence-corrected chi connectivity index (χ0v) is 19.8. The molecule has 5 rings (SSSR count). The molecule has 0 N–H and O–H groups in total. The first-order valence-electron chi connectivity index (χ1n) is 11.7. The van der Waals surface area contributed by atoms with E-state index in [2.05, 4.69) is 59.8 Å². The van der Waals surface area contributed by atoms with Crippen molar-refractivity contribution in [3.8, 4) is 22.4 Å². The highest BCUT2D eigenvalue weighted by atomic mass is 16.1. The molecule has 0 spiro atoms. The van der Waals surface area contributed by atoms with Crippen LogP contribution in [0.2, 0.25) is 0 Å². The molecule has 0 saturated heterocycles. The minimum Gasteiger partial charge on any atom is -0.340 e. The molecule has 3 aromatic carbocycles. The van der Waals surface area contributed by atoms with E-state index in [9.17, 15) is 4.79 Å². The summed E-state index contributed by atoms with van der Waals surface area (Å²) in [5, 5.41) is 0. The van der Waals surface area contributed by atoms with Crippen molar-refractivity contribution >= 4 is 17.3 Å². The van der Waals surface area contributed by atoms with Gasteiger partial charge in [0.2, 0.25) is 0 Å². The molecule has 2 heterocycles. The van der Waals surface area contributed by atoms with Gasteiger partial charge in [0.15, 0.2) is 6.29 Å². The predicted molar refractivity (Wildman–Crippen MR) is 137 cm³/mol. The molecule has 170 valence electrons. The number of nitrogens with zero attached hydrogens (tertiary/aromatic N) is 4. The number of hydrogen-bond donors (Lipinski definition) is 0. The summed E-state index contributed by atoms with van der Waals surface area (Å²) in [6.45, 7) is 5.06. The third kappa shape index (κ3) is 4.05.